The molecule has 0 radical (unpaired) electrons. The zero-order valence-electron chi connectivity index (χ0n) is 15.2. The standard InChI is InChI=1S/C19H28N4O.HI/c1-14(2)8-7-9-15(3)23-19(20)22-13-18-21-12-17(24-18)16-10-5-4-6-11-16;/h4-6,10-12,14-15H,7-9,13H2,1-3H3,(H3,20,22,23);1H. The Hall–Kier alpha value is -1.57. The monoisotopic (exact) mass is 456 g/mol. The molecule has 0 amide bonds. The van der Waals surface area contributed by atoms with Crippen molar-refractivity contribution in [3.05, 3.63) is 42.4 Å². The molecule has 2 rings (SSSR count). The number of guanidine groups is 1. The van der Waals surface area contributed by atoms with Crippen LogP contribution in [-0.2, 0) is 6.54 Å². The molecule has 138 valence electrons. The highest BCUT2D eigenvalue weighted by Gasteiger charge is 2.07. The molecule has 0 aliphatic rings. The van der Waals surface area contributed by atoms with Crippen molar-refractivity contribution in [2.45, 2.75) is 52.6 Å². The van der Waals surface area contributed by atoms with Gasteiger partial charge in [-0.05, 0) is 19.3 Å². The van der Waals surface area contributed by atoms with Crippen LogP contribution in [0.2, 0.25) is 0 Å². The Labute approximate surface area is 167 Å². The van der Waals surface area contributed by atoms with Gasteiger partial charge in [-0.15, -0.1) is 24.0 Å². The average molecular weight is 456 g/mol. The molecule has 0 fully saturated rings. The first-order valence-corrected chi connectivity index (χ1v) is 8.61. The highest BCUT2D eigenvalue weighted by molar-refractivity contribution is 14.0. The van der Waals surface area contributed by atoms with E-state index >= 15 is 0 Å². The summed E-state index contributed by atoms with van der Waals surface area (Å²) in [5, 5.41) is 3.22. The van der Waals surface area contributed by atoms with Crippen LogP contribution in [0, 0.1) is 5.92 Å². The number of rotatable bonds is 8. The van der Waals surface area contributed by atoms with E-state index in [0.717, 1.165) is 23.7 Å². The van der Waals surface area contributed by atoms with E-state index in [2.05, 4.69) is 36.1 Å². The molecule has 0 aliphatic heterocycles. The quantitative estimate of drug-likeness (QED) is 0.347. The predicted molar refractivity (Wildman–Crippen MR) is 114 cm³/mol. The maximum absolute atomic E-state index is 5.94. The summed E-state index contributed by atoms with van der Waals surface area (Å²) in [6, 6.07) is 10.2. The van der Waals surface area contributed by atoms with Gasteiger partial charge in [-0.1, -0.05) is 57.0 Å². The SMILES string of the molecule is CC(C)CCCC(C)NC(N)=NCc1ncc(-c2ccccc2)o1.I. The molecule has 1 atom stereocenters. The zero-order valence-corrected chi connectivity index (χ0v) is 17.6. The summed E-state index contributed by atoms with van der Waals surface area (Å²) in [6.07, 6.45) is 5.24. The van der Waals surface area contributed by atoms with Gasteiger partial charge in [0.25, 0.3) is 0 Å². The molecule has 6 heteroatoms. The molecular weight excluding hydrogens is 427 g/mol. The molecule has 0 saturated carbocycles. The van der Waals surface area contributed by atoms with Gasteiger partial charge in [-0.2, -0.15) is 0 Å². The van der Waals surface area contributed by atoms with Crippen molar-refractivity contribution >= 4 is 29.9 Å². The van der Waals surface area contributed by atoms with Gasteiger partial charge in [0.1, 0.15) is 6.54 Å². The second-order valence-corrected chi connectivity index (χ2v) is 6.56. The topological polar surface area (TPSA) is 76.4 Å². The lowest BCUT2D eigenvalue weighted by Gasteiger charge is -2.14. The largest absolute Gasteiger partial charge is 0.439 e. The normalized spacial score (nSPS) is 12.7. The third-order valence-electron chi connectivity index (χ3n) is 3.81. The third-order valence-corrected chi connectivity index (χ3v) is 3.81. The van der Waals surface area contributed by atoms with Gasteiger partial charge in [0, 0.05) is 11.6 Å². The fourth-order valence-electron chi connectivity index (χ4n) is 2.47. The fourth-order valence-corrected chi connectivity index (χ4v) is 2.47. The fraction of sp³-hybridized carbons (Fsp3) is 0.474. The lowest BCUT2D eigenvalue weighted by molar-refractivity contribution is 0.491. The molecule has 0 spiro atoms. The molecule has 1 unspecified atom stereocenters. The van der Waals surface area contributed by atoms with Gasteiger partial charge < -0.3 is 15.5 Å². The van der Waals surface area contributed by atoms with Crippen molar-refractivity contribution in [2.24, 2.45) is 16.6 Å². The van der Waals surface area contributed by atoms with Crippen molar-refractivity contribution in [3.8, 4) is 11.3 Å². The molecule has 1 aromatic carbocycles. The zero-order chi connectivity index (χ0) is 17.4. The number of hydrogen-bond donors (Lipinski definition) is 2. The summed E-state index contributed by atoms with van der Waals surface area (Å²) in [4.78, 5) is 8.57. The number of aliphatic imine (C=N–C) groups is 1. The molecule has 1 heterocycles. The summed E-state index contributed by atoms with van der Waals surface area (Å²) in [7, 11) is 0. The highest BCUT2D eigenvalue weighted by atomic mass is 127. The lowest BCUT2D eigenvalue weighted by atomic mass is 10.0. The van der Waals surface area contributed by atoms with Gasteiger partial charge in [0.15, 0.2) is 11.7 Å². The maximum Gasteiger partial charge on any atom is 0.216 e. The highest BCUT2D eigenvalue weighted by Crippen LogP contribution is 2.19. The van der Waals surface area contributed by atoms with Gasteiger partial charge in [-0.25, -0.2) is 9.98 Å². The molecule has 2 aromatic rings. The number of hydrogen-bond acceptors (Lipinski definition) is 3. The van der Waals surface area contributed by atoms with Crippen molar-refractivity contribution in [3.63, 3.8) is 0 Å². The van der Waals surface area contributed by atoms with Crippen LogP contribution in [0.5, 0.6) is 0 Å². The number of benzene rings is 1. The summed E-state index contributed by atoms with van der Waals surface area (Å²) < 4.78 is 5.71. The van der Waals surface area contributed by atoms with Crippen LogP contribution >= 0.6 is 24.0 Å². The smallest absolute Gasteiger partial charge is 0.216 e. The Morgan fingerprint density at radius 1 is 1.20 bits per heavy atom. The number of halogens is 1. The number of aromatic nitrogens is 1. The van der Waals surface area contributed by atoms with Gasteiger partial charge in [0.2, 0.25) is 5.89 Å². The Bertz CT molecular complexity index is 640. The maximum atomic E-state index is 5.94. The van der Waals surface area contributed by atoms with E-state index in [4.69, 9.17) is 10.2 Å². The summed E-state index contributed by atoms with van der Waals surface area (Å²) in [5.41, 5.74) is 6.95. The van der Waals surface area contributed by atoms with E-state index in [9.17, 15) is 0 Å². The van der Waals surface area contributed by atoms with Crippen LogP contribution in [0.25, 0.3) is 11.3 Å². The number of nitrogens with zero attached hydrogens (tertiary/aromatic N) is 2. The van der Waals surface area contributed by atoms with E-state index in [1.165, 1.54) is 12.8 Å². The van der Waals surface area contributed by atoms with Gasteiger partial charge in [-0.3, -0.25) is 0 Å². The minimum absolute atomic E-state index is 0. The van der Waals surface area contributed by atoms with Crippen LogP contribution < -0.4 is 11.1 Å². The number of nitrogens with two attached hydrogens (primary N) is 1. The minimum Gasteiger partial charge on any atom is -0.439 e. The summed E-state index contributed by atoms with van der Waals surface area (Å²) in [6.45, 7) is 6.95. The van der Waals surface area contributed by atoms with Crippen LogP contribution in [0.1, 0.15) is 45.9 Å². The predicted octanol–water partition coefficient (Wildman–Crippen LogP) is 4.58. The molecule has 0 bridgehead atoms. The second kappa shape index (κ2) is 11.1. The van der Waals surface area contributed by atoms with E-state index in [0.29, 0.717) is 24.4 Å². The van der Waals surface area contributed by atoms with Gasteiger partial charge >= 0.3 is 0 Å². The van der Waals surface area contributed by atoms with Crippen LogP contribution in [0.3, 0.4) is 0 Å². The summed E-state index contributed by atoms with van der Waals surface area (Å²) in [5.74, 6) is 2.49. The number of oxazole rings is 1. The Balaban J connectivity index is 0.00000312. The van der Waals surface area contributed by atoms with E-state index in [1.54, 1.807) is 6.20 Å². The first kappa shape index (κ1) is 21.5. The molecule has 1 aromatic heterocycles. The molecule has 0 aliphatic carbocycles. The van der Waals surface area contributed by atoms with Crippen LogP contribution in [0.4, 0.5) is 0 Å². The minimum atomic E-state index is 0. The van der Waals surface area contributed by atoms with Crippen molar-refractivity contribution in [2.75, 3.05) is 0 Å². The van der Waals surface area contributed by atoms with E-state index in [-0.39, 0.29) is 24.0 Å². The average Bonchev–Trinajstić information content (AvgIpc) is 3.02. The van der Waals surface area contributed by atoms with Gasteiger partial charge in [0.05, 0.1) is 6.20 Å². The van der Waals surface area contributed by atoms with Crippen molar-refractivity contribution in [1.82, 2.24) is 10.3 Å². The van der Waals surface area contributed by atoms with Crippen molar-refractivity contribution in [1.29, 1.82) is 0 Å². The summed E-state index contributed by atoms with van der Waals surface area (Å²) >= 11 is 0. The molecule has 3 N–H and O–H groups in total. The first-order valence-electron chi connectivity index (χ1n) is 8.61. The molecule has 0 saturated heterocycles. The molecular formula is C19H29IN4O. The Kier molecular flexibility index (Phi) is 9.55. The molecule has 5 nitrogen and oxygen atoms in total. The van der Waals surface area contributed by atoms with E-state index < -0.39 is 0 Å². The Morgan fingerprint density at radius 2 is 1.92 bits per heavy atom. The van der Waals surface area contributed by atoms with Crippen molar-refractivity contribution < 1.29 is 4.42 Å². The second-order valence-electron chi connectivity index (χ2n) is 6.56. The van der Waals surface area contributed by atoms with Crippen LogP contribution in [-0.4, -0.2) is 17.0 Å². The number of nitrogens with one attached hydrogen (secondary N) is 1. The lowest BCUT2D eigenvalue weighted by Crippen LogP contribution is -2.38. The third kappa shape index (κ3) is 7.90. The van der Waals surface area contributed by atoms with E-state index in [1.807, 2.05) is 30.3 Å². The Morgan fingerprint density at radius 3 is 2.60 bits per heavy atom. The first-order chi connectivity index (χ1) is 11.5. The molecule has 25 heavy (non-hydrogen) atoms. The van der Waals surface area contributed by atoms with Crippen LogP contribution in [0.15, 0.2) is 45.9 Å².